The summed E-state index contributed by atoms with van der Waals surface area (Å²) in [5.74, 6) is 3.96. The van der Waals surface area contributed by atoms with Crippen molar-refractivity contribution in [1.82, 2.24) is 14.9 Å². The standard InChI is InChI=1S/C26H29N5O2/c1-5-14-28-25(31-18-16-30(17-19-31)24-12-4-6-13-27-24)21-9-8-15-29-26(21)33-23-11-3-2-10-22(23)32-20-7-1/h2-4,6,8-13,15H,1,5,7,14,16-20H2. The topological polar surface area (TPSA) is 63.1 Å². The molecule has 0 amide bonds. The molecule has 0 saturated carbocycles. The molecule has 170 valence electrons. The first-order chi connectivity index (χ1) is 16.4. The molecule has 7 heteroatoms. The maximum atomic E-state index is 6.30. The third-order valence-corrected chi connectivity index (χ3v) is 5.94. The molecule has 1 aromatic carbocycles. The number of benzene rings is 1. The van der Waals surface area contributed by atoms with Gasteiger partial charge in [0.1, 0.15) is 11.7 Å². The summed E-state index contributed by atoms with van der Waals surface area (Å²) in [7, 11) is 0. The first-order valence-corrected chi connectivity index (χ1v) is 11.7. The van der Waals surface area contributed by atoms with Crippen LogP contribution in [0.1, 0.15) is 24.8 Å². The van der Waals surface area contributed by atoms with E-state index in [0.717, 1.165) is 75.0 Å². The number of nitrogens with zero attached hydrogens (tertiary/aromatic N) is 5. The third-order valence-electron chi connectivity index (χ3n) is 5.94. The van der Waals surface area contributed by atoms with Crippen molar-refractivity contribution < 1.29 is 9.47 Å². The molecule has 2 aliphatic rings. The Labute approximate surface area is 194 Å². The van der Waals surface area contributed by atoms with Crippen molar-refractivity contribution >= 4 is 11.7 Å². The number of hydrogen-bond acceptors (Lipinski definition) is 7. The van der Waals surface area contributed by atoms with Gasteiger partial charge in [0.25, 0.3) is 0 Å². The van der Waals surface area contributed by atoms with Crippen LogP contribution in [0, 0.1) is 0 Å². The minimum atomic E-state index is 0.554. The number of aromatic nitrogens is 2. The highest BCUT2D eigenvalue weighted by Gasteiger charge is 2.24. The molecule has 2 aliphatic heterocycles. The van der Waals surface area contributed by atoms with Crippen LogP contribution in [0.15, 0.2) is 72.0 Å². The molecule has 5 rings (SSSR count). The van der Waals surface area contributed by atoms with Gasteiger partial charge in [-0.25, -0.2) is 9.97 Å². The van der Waals surface area contributed by atoms with Crippen molar-refractivity contribution in [3.8, 4) is 17.4 Å². The second-order valence-electron chi connectivity index (χ2n) is 8.18. The Morgan fingerprint density at radius 3 is 2.33 bits per heavy atom. The lowest BCUT2D eigenvalue weighted by Gasteiger charge is -2.37. The molecule has 0 spiro atoms. The van der Waals surface area contributed by atoms with Crippen LogP contribution >= 0.6 is 0 Å². The maximum Gasteiger partial charge on any atom is 0.230 e. The maximum absolute atomic E-state index is 6.30. The summed E-state index contributed by atoms with van der Waals surface area (Å²) in [5, 5.41) is 0. The van der Waals surface area contributed by atoms with Crippen molar-refractivity contribution in [2.45, 2.75) is 19.3 Å². The molecule has 2 aromatic heterocycles. The van der Waals surface area contributed by atoms with Gasteiger partial charge in [-0.15, -0.1) is 0 Å². The van der Waals surface area contributed by atoms with Crippen LogP contribution in [-0.2, 0) is 0 Å². The Kier molecular flexibility index (Phi) is 6.66. The second-order valence-corrected chi connectivity index (χ2v) is 8.18. The first kappa shape index (κ1) is 21.2. The van der Waals surface area contributed by atoms with Gasteiger partial charge in [0.05, 0.1) is 12.2 Å². The molecule has 0 atom stereocenters. The molecule has 0 radical (unpaired) electrons. The van der Waals surface area contributed by atoms with E-state index >= 15 is 0 Å². The largest absolute Gasteiger partial charge is 0.490 e. The van der Waals surface area contributed by atoms with Gasteiger partial charge < -0.3 is 19.3 Å². The predicted octanol–water partition coefficient (Wildman–Crippen LogP) is 4.40. The zero-order valence-corrected chi connectivity index (χ0v) is 18.8. The van der Waals surface area contributed by atoms with Gasteiger partial charge in [-0.2, -0.15) is 0 Å². The molecule has 1 saturated heterocycles. The lowest BCUT2D eigenvalue weighted by atomic mass is 10.2. The quantitative estimate of drug-likeness (QED) is 0.556. The Hall–Kier alpha value is -3.61. The minimum Gasteiger partial charge on any atom is -0.490 e. The molecule has 0 aliphatic carbocycles. The molecular formula is C26H29N5O2. The highest BCUT2D eigenvalue weighted by Crippen LogP contribution is 2.33. The number of ether oxygens (including phenoxy) is 2. The highest BCUT2D eigenvalue weighted by molar-refractivity contribution is 6.01. The molecule has 7 nitrogen and oxygen atoms in total. The fourth-order valence-corrected chi connectivity index (χ4v) is 4.20. The summed E-state index contributed by atoms with van der Waals surface area (Å²) in [6.07, 6.45) is 6.71. The van der Waals surface area contributed by atoms with E-state index in [1.807, 2.05) is 48.7 Å². The zero-order chi connectivity index (χ0) is 22.3. The summed E-state index contributed by atoms with van der Waals surface area (Å²) in [4.78, 5) is 18.8. The molecule has 33 heavy (non-hydrogen) atoms. The predicted molar refractivity (Wildman–Crippen MR) is 130 cm³/mol. The van der Waals surface area contributed by atoms with E-state index in [1.165, 1.54) is 0 Å². The zero-order valence-electron chi connectivity index (χ0n) is 18.8. The van der Waals surface area contributed by atoms with Gasteiger partial charge in [-0.1, -0.05) is 18.2 Å². The Morgan fingerprint density at radius 1 is 0.697 bits per heavy atom. The van der Waals surface area contributed by atoms with E-state index in [9.17, 15) is 0 Å². The van der Waals surface area contributed by atoms with Crippen LogP contribution < -0.4 is 14.4 Å². The van der Waals surface area contributed by atoms with Crippen LogP contribution in [0.3, 0.4) is 0 Å². The Morgan fingerprint density at radius 2 is 1.48 bits per heavy atom. The minimum absolute atomic E-state index is 0.554. The van der Waals surface area contributed by atoms with E-state index in [4.69, 9.17) is 14.5 Å². The van der Waals surface area contributed by atoms with Gasteiger partial charge in [0.2, 0.25) is 5.88 Å². The second kappa shape index (κ2) is 10.3. The van der Waals surface area contributed by atoms with Gasteiger partial charge >= 0.3 is 0 Å². The van der Waals surface area contributed by atoms with Crippen molar-refractivity contribution in [1.29, 1.82) is 0 Å². The van der Waals surface area contributed by atoms with Crippen LogP contribution in [0.25, 0.3) is 0 Å². The van der Waals surface area contributed by atoms with Gasteiger partial charge in [-0.3, -0.25) is 4.99 Å². The summed E-state index contributed by atoms with van der Waals surface area (Å²) in [5.41, 5.74) is 0.915. The van der Waals surface area contributed by atoms with E-state index in [1.54, 1.807) is 6.20 Å². The van der Waals surface area contributed by atoms with Crippen molar-refractivity contribution in [2.24, 2.45) is 4.99 Å². The molecular weight excluding hydrogens is 414 g/mol. The normalized spacial score (nSPS) is 17.2. The number of amidine groups is 1. The summed E-state index contributed by atoms with van der Waals surface area (Å²) in [6, 6.07) is 17.8. The fraction of sp³-hybridized carbons (Fsp3) is 0.346. The highest BCUT2D eigenvalue weighted by atomic mass is 16.5. The van der Waals surface area contributed by atoms with Crippen molar-refractivity contribution in [3.05, 3.63) is 72.6 Å². The van der Waals surface area contributed by atoms with Crippen LogP contribution in [-0.4, -0.2) is 60.0 Å². The van der Waals surface area contributed by atoms with E-state index < -0.39 is 0 Å². The molecule has 4 heterocycles. The SMILES string of the molecule is c1ccc(N2CCN(C3=NCCCCCOc4ccccc4Oc4ncccc43)CC2)nc1. The smallest absolute Gasteiger partial charge is 0.230 e. The molecule has 0 unspecified atom stereocenters. The molecule has 0 bridgehead atoms. The average molecular weight is 444 g/mol. The number of rotatable bonds is 1. The van der Waals surface area contributed by atoms with Crippen molar-refractivity contribution in [2.75, 3.05) is 44.2 Å². The van der Waals surface area contributed by atoms with Gasteiger partial charge in [0, 0.05) is 45.1 Å². The number of hydrogen-bond donors (Lipinski definition) is 0. The van der Waals surface area contributed by atoms with Crippen LogP contribution in [0.5, 0.6) is 17.4 Å². The number of pyridine rings is 2. The summed E-state index contributed by atoms with van der Waals surface area (Å²) in [6.45, 7) is 4.96. The van der Waals surface area contributed by atoms with E-state index in [-0.39, 0.29) is 0 Å². The van der Waals surface area contributed by atoms with Crippen LogP contribution in [0.4, 0.5) is 5.82 Å². The van der Waals surface area contributed by atoms with Gasteiger partial charge in [-0.05, 0) is 55.7 Å². The number of fused-ring (bicyclic) bond motifs is 2. The monoisotopic (exact) mass is 443 g/mol. The third kappa shape index (κ3) is 5.08. The number of para-hydroxylation sites is 2. The van der Waals surface area contributed by atoms with Crippen molar-refractivity contribution in [3.63, 3.8) is 0 Å². The first-order valence-electron chi connectivity index (χ1n) is 11.7. The number of piperazine rings is 1. The molecule has 1 fully saturated rings. The van der Waals surface area contributed by atoms with E-state index in [2.05, 4.69) is 31.9 Å². The number of aliphatic imine (C=N–C) groups is 1. The molecule has 3 aromatic rings. The summed E-state index contributed by atoms with van der Waals surface area (Å²) >= 11 is 0. The summed E-state index contributed by atoms with van der Waals surface area (Å²) < 4.78 is 12.3. The average Bonchev–Trinajstić information content (AvgIpc) is 2.89. The molecule has 0 N–H and O–H groups in total. The lowest BCUT2D eigenvalue weighted by molar-refractivity contribution is 0.291. The number of anilines is 1. The van der Waals surface area contributed by atoms with Gasteiger partial charge in [0.15, 0.2) is 11.5 Å². The Balaban J connectivity index is 1.43. The fourth-order valence-electron chi connectivity index (χ4n) is 4.20. The lowest BCUT2D eigenvalue weighted by Crippen LogP contribution is -2.49. The Bertz CT molecular complexity index is 1080. The van der Waals surface area contributed by atoms with Crippen LogP contribution in [0.2, 0.25) is 0 Å². The van der Waals surface area contributed by atoms with E-state index in [0.29, 0.717) is 18.2 Å².